The predicted molar refractivity (Wildman–Crippen MR) is 63.1 cm³/mol. The van der Waals surface area contributed by atoms with Gasteiger partial charge in [-0.2, -0.15) is 13.2 Å². The van der Waals surface area contributed by atoms with Crippen LogP contribution in [0.4, 0.5) is 13.2 Å². The topological polar surface area (TPSA) is 34.1 Å². The van der Waals surface area contributed by atoms with Gasteiger partial charge in [-0.25, -0.2) is 4.21 Å². The van der Waals surface area contributed by atoms with Crippen LogP contribution in [0.2, 0.25) is 0 Å². The highest BCUT2D eigenvalue weighted by Gasteiger charge is 2.37. The van der Waals surface area contributed by atoms with Crippen LogP contribution in [0, 0.1) is 0 Å². The Kier molecular flexibility index (Phi) is 5.03. The quantitative estimate of drug-likeness (QED) is 0.480. The average molecular weight is 274 g/mol. The van der Waals surface area contributed by atoms with Gasteiger partial charge >= 0.3 is 5.51 Å². The van der Waals surface area contributed by atoms with Gasteiger partial charge in [0, 0.05) is 4.90 Å². The summed E-state index contributed by atoms with van der Waals surface area (Å²) in [5.41, 5.74) is -4.10. The molecule has 1 rings (SSSR count). The molecule has 6 heteroatoms. The Morgan fingerprint density at radius 1 is 1.00 bits per heavy atom. The van der Waals surface area contributed by atoms with Gasteiger partial charge in [-0.1, -0.05) is 30.4 Å². The molecule has 0 aliphatic heterocycles. The van der Waals surface area contributed by atoms with Crippen molar-refractivity contribution in [3.05, 3.63) is 48.1 Å². The monoisotopic (exact) mass is 274 g/mol. The second-order valence-corrected chi connectivity index (χ2v) is 4.64. The van der Waals surface area contributed by atoms with Crippen molar-refractivity contribution >= 4 is 23.2 Å². The van der Waals surface area contributed by atoms with E-state index in [1.807, 2.05) is 0 Å². The van der Waals surface area contributed by atoms with Crippen LogP contribution >= 0.6 is 0 Å². The predicted octanol–water partition coefficient (Wildman–Crippen LogP) is 3.08. The van der Waals surface area contributed by atoms with E-state index in [1.165, 1.54) is 24.3 Å². The summed E-state index contributed by atoms with van der Waals surface area (Å²) in [6.07, 6.45) is 6.57. The fraction of sp³-hybridized carbons (Fsp3) is 0.0833. The molecule has 2 nitrogen and oxygen atoms in total. The van der Waals surface area contributed by atoms with E-state index in [0.717, 1.165) is 12.1 Å². The number of alkyl halides is 3. The molecule has 0 N–H and O–H groups in total. The van der Waals surface area contributed by atoms with Crippen LogP contribution < -0.4 is 0 Å². The number of hydrogen-bond acceptors (Lipinski definition) is 2. The molecule has 0 radical (unpaired) electrons. The van der Waals surface area contributed by atoms with Crippen LogP contribution in [0.15, 0.2) is 47.4 Å². The van der Waals surface area contributed by atoms with Crippen LogP contribution in [0.3, 0.4) is 0 Å². The number of rotatable bonds is 4. The zero-order valence-electron chi connectivity index (χ0n) is 9.05. The van der Waals surface area contributed by atoms with Crippen LogP contribution in [0.25, 0.3) is 6.08 Å². The minimum Gasteiger partial charge on any atom is -0.299 e. The minimum absolute atomic E-state index is 0.289. The lowest BCUT2D eigenvalue weighted by Gasteiger charge is -2.05. The van der Waals surface area contributed by atoms with Gasteiger partial charge in [0.2, 0.25) is 0 Å². The number of hydrogen-bond donors (Lipinski definition) is 0. The molecule has 0 aliphatic rings. The SMILES string of the molecule is O=C/C=C/C=C/c1ccc(S(=O)C(F)(F)F)cc1. The maximum absolute atomic E-state index is 12.2. The highest BCUT2D eigenvalue weighted by Crippen LogP contribution is 2.26. The molecule has 1 unspecified atom stereocenters. The number of carbonyl (C=O) groups is 1. The molecular weight excluding hydrogens is 265 g/mol. The second-order valence-electron chi connectivity index (χ2n) is 3.16. The van der Waals surface area contributed by atoms with E-state index in [4.69, 9.17) is 0 Å². The van der Waals surface area contributed by atoms with Crippen molar-refractivity contribution in [2.24, 2.45) is 0 Å². The van der Waals surface area contributed by atoms with E-state index in [2.05, 4.69) is 0 Å². The van der Waals surface area contributed by atoms with E-state index in [-0.39, 0.29) is 4.90 Å². The Morgan fingerprint density at radius 3 is 2.11 bits per heavy atom. The lowest BCUT2D eigenvalue weighted by molar-refractivity contribution is -0.104. The first kappa shape index (κ1) is 14.4. The third-order valence-corrected chi connectivity index (χ3v) is 3.01. The zero-order valence-corrected chi connectivity index (χ0v) is 9.87. The van der Waals surface area contributed by atoms with Crippen molar-refractivity contribution in [1.82, 2.24) is 0 Å². The van der Waals surface area contributed by atoms with Gasteiger partial charge in [-0.05, 0) is 23.8 Å². The van der Waals surface area contributed by atoms with E-state index in [9.17, 15) is 22.2 Å². The number of allylic oxidation sites excluding steroid dienone is 3. The summed E-state index contributed by atoms with van der Waals surface area (Å²) in [5.74, 6) is 0. The Bertz CT molecular complexity index is 487. The van der Waals surface area contributed by atoms with Crippen LogP contribution in [-0.4, -0.2) is 16.0 Å². The molecule has 1 atom stereocenters. The Labute approximate surface area is 104 Å². The summed E-state index contributed by atoms with van der Waals surface area (Å²) in [6, 6.07) is 5.16. The molecule has 0 amide bonds. The molecule has 18 heavy (non-hydrogen) atoms. The molecule has 0 heterocycles. The number of halogens is 3. The molecule has 1 aromatic carbocycles. The van der Waals surface area contributed by atoms with Crippen LogP contribution in [0.5, 0.6) is 0 Å². The highest BCUT2D eigenvalue weighted by molar-refractivity contribution is 7.86. The van der Waals surface area contributed by atoms with Gasteiger partial charge < -0.3 is 0 Å². The van der Waals surface area contributed by atoms with Gasteiger partial charge in [0.05, 0.1) is 0 Å². The smallest absolute Gasteiger partial charge is 0.299 e. The largest absolute Gasteiger partial charge is 0.475 e. The second kappa shape index (κ2) is 6.30. The van der Waals surface area contributed by atoms with Crippen molar-refractivity contribution in [1.29, 1.82) is 0 Å². The Morgan fingerprint density at radius 2 is 1.61 bits per heavy atom. The van der Waals surface area contributed by atoms with E-state index >= 15 is 0 Å². The summed E-state index contributed by atoms with van der Waals surface area (Å²) in [7, 11) is -3.00. The fourth-order valence-corrected chi connectivity index (χ4v) is 1.76. The van der Waals surface area contributed by atoms with Crippen molar-refractivity contribution in [3.63, 3.8) is 0 Å². The molecule has 0 saturated heterocycles. The molecule has 0 aromatic heterocycles. The lowest BCUT2D eigenvalue weighted by Crippen LogP contribution is -2.16. The number of benzene rings is 1. The zero-order chi connectivity index (χ0) is 13.6. The molecule has 96 valence electrons. The average Bonchev–Trinajstić information content (AvgIpc) is 2.33. The van der Waals surface area contributed by atoms with Gasteiger partial charge in [-0.3, -0.25) is 4.79 Å². The van der Waals surface area contributed by atoms with E-state index < -0.39 is 16.3 Å². The van der Waals surface area contributed by atoms with E-state index in [1.54, 1.807) is 12.2 Å². The van der Waals surface area contributed by atoms with Crippen LogP contribution in [-0.2, 0) is 15.6 Å². The van der Waals surface area contributed by atoms with Crippen molar-refractivity contribution < 1.29 is 22.2 Å². The summed E-state index contributed by atoms with van der Waals surface area (Å²) < 4.78 is 47.5. The van der Waals surface area contributed by atoms with Crippen molar-refractivity contribution in [3.8, 4) is 0 Å². The first-order valence-corrected chi connectivity index (χ1v) is 5.97. The van der Waals surface area contributed by atoms with Crippen molar-refractivity contribution in [2.45, 2.75) is 10.4 Å². The Balaban J connectivity index is 2.80. The molecule has 0 bridgehead atoms. The molecule has 0 saturated carbocycles. The number of carbonyl (C=O) groups excluding carboxylic acids is 1. The normalized spacial score (nSPS) is 14.2. The molecule has 1 aromatic rings. The molecule has 0 spiro atoms. The van der Waals surface area contributed by atoms with Gasteiger partial charge in [0.15, 0.2) is 10.8 Å². The fourth-order valence-electron chi connectivity index (χ4n) is 1.11. The van der Waals surface area contributed by atoms with Crippen molar-refractivity contribution in [2.75, 3.05) is 0 Å². The lowest BCUT2D eigenvalue weighted by atomic mass is 10.2. The van der Waals surface area contributed by atoms with Crippen LogP contribution in [0.1, 0.15) is 5.56 Å². The molecular formula is C12H9F3O2S. The molecule has 0 aliphatic carbocycles. The van der Waals surface area contributed by atoms with Gasteiger partial charge in [0.1, 0.15) is 6.29 Å². The summed E-state index contributed by atoms with van der Waals surface area (Å²) in [5, 5.41) is 0. The maximum atomic E-state index is 12.2. The minimum atomic E-state index is -4.75. The summed E-state index contributed by atoms with van der Waals surface area (Å²) in [6.45, 7) is 0. The summed E-state index contributed by atoms with van der Waals surface area (Å²) >= 11 is 0. The maximum Gasteiger partial charge on any atom is 0.475 e. The van der Waals surface area contributed by atoms with Gasteiger partial charge in [0.25, 0.3) is 0 Å². The van der Waals surface area contributed by atoms with Gasteiger partial charge in [-0.15, -0.1) is 0 Å². The summed E-state index contributed by atoms with van der Waals surface area (Å²) in [4.78, 5) is 9.68. The standard InChI is InChI=1S/C12H9F3O2S/c13-12(14,15)18(17)11-7-5-10(6-8-11)4-2-1-3-9-16/h1-9H/b3-1+,4-2+. The first-order chi connectivity index (χ1) is 8.45. The number of aldehydes is 1. The van der Waals surface area contributed by atoms with E-state index in [0.29, 0.717) is 11.8 Å². The third kappa shape index (κ3) is 4.29. The molecule has 0 fully saturated rings. The highest BCUT2D eigenvalue weighted by atomic mass is 32.2. The first-order valence-electron chi connectivity index (χ1n) is 4.82. The third-order valence-electron chi connectivity index (χ3n) is 1.89. The Hall–Kier alpha value is -1.69.